The molecular formula is C41H24N4O. The lowest BCUT2D eigenvalue weighted by Gasteiger charge is -2.11. The van der Waals surface area contributed by atoms with Crippen molar-refractivity contribution in [1.29, 1.82) is 0 Å². The van der Waals surface area contributed by atoms with Gasteiger partial charge in [0.25, 0.3) is 0 Å². The van der Waals surface area contributed by atoms with E-state index in [0.717, 1.165) is 55.2 Å². The summed E-state index contributed by atoms with van der Waals surface area (Å²) in [6, 6.07) is 50.4. The van der Waals surface area contributed by atoms with Crippen molar-refractivity contribution in [1.82, 2.24) is 19.5 Å². The normalized spacial score (nSPS) is 11.9. The van der Waals surface area contributed by atoms with Crippen LogP contribution in [-0.4, -0.2) is 19.5 Å². The highest BCUT2D eigenvalue weighted by Gasteiger charge is 2.21. The van der Waals surface area contributed by atoms with E-state index in [1.807, 2.05) is 72.8 Å². The van der Waals surface area contributed by atoms with Crippen LogP contribution in [0, 0.1) is 0 Å². The van der Waals surface area contributed by atoms with Crippen LogP contribution in [0.5, 0.6) is 0 Å². The van der Waals surface area contributed by atoms with Gasteiger partial charge < -0.3 is 4.42 Å². The van der Waals surface area contributed by atoms with E-state index in [-0.39, 0.29) is 0 Å². The number of para-hydroxylation sites is 1. The predicted molar refractivity (Wildman–Crippen MR) is 186 cm³/mol. The topological polar surface area (TPSA) is 56.7 Å². The number of nitrogens with zero attached hydrogens (tertiary/aromatic N) is 4. The van der Waals surface area contributed by atoms with Crippen molar-refractivity contribution in [3.8, 4) is 39.9 Å². The molecule has 0 amide bonds. The molecule has 0 aliphatic heterocycles. The van der Waals surface area contributed by atoms with Crippen LogP contribution < -0.4 is 0 Å². The summed E-state index contributed by atoms with van der Waals surface area (Å²) in [4.78, 5) is 15.2. The molecule has 10 rings (SSSR count). The minimum absolute atomic E-state index is 0.589. The fraction of sp³-hybridized carbons (Fsp3) is 0. The van der Waals surface area contributed by atoms with Crippen molar-refractivity contribution in [2.75, 3.05) is 0 Å². The van der Waals surface area contributed by atoms with Crippen molar-refractivity contribution in [3.05, 3.63) is 146 Å². The second kappa shape index (κ2) is 9.58. The van der Waals surface area contributed by atoms with Crippen molar-refractivity contribution >= 4 is 54.5 Å². The van der Waals surface area contributed by atoms with Gasteiger partial charge in [-0.25, -0.2) is 4.98 Å². The summed E-state index contributed by atoms with van der Waals surface area (Å²) in [6.07, 6.45) is 0. The van der Waals surface area contributed by atoms with E-state index in [4.69, 9.17) is 19.4 Å². The monoisotopic (exact) mass is 588 g/mol. The summed E-state index contributed by atoms with van der Waals surface area (Å²) in [5.74, 6) is 1.86. The molecule has 3 aromatic heterocycles. The third-order valence-corrected chi connectivity index (χ3v) is 8.99. The molecule has 7 aromatic carbocycles. The van der Waals surface area contributed by atoms with Gasteiger partial charge in [0.15, 0.2) is 11.6 Å². The molecule has 10 aromatic rings. The first-order valence-corrected chi connectivity index (χ1v) is 15.4. The summed E-state index contributed by atoms with van der Waals surface area (Å²) in [6.45, 7) is 0. The van der Waals surface area contributed by atoms with Gasteiger partial charge in [-0.2, -0.15) is 9.97 Å². The van der Waals surface area contributed by atoms with Crippen LogP contribution in [-0.2, 0) is 0 Å². The molecule has 5 heteroatoms. The van der Waals surface area contributed by atoms with Crippen molar-refractivity contribution in [3.63, 3.8) is 0 Å². The Morgan fingerprint density at radius 3 is 1.87 bits per heavy atom. The maximum atomic E-state index is 6.14. The molecule has 0 aliphatic rings. The average molecular weight is 589 g/mol. The van der Waals surface area contributed by atoms with Gasteiger partial charge in [-0.1, -0.05) is 109 Å². The molecule has 0 bridgehead atoms. The number of hydrogen-bond acceptors (Lipinski definition) is 4. The highest BCUT2D eigenvalue weighted by molar-refractivity contribution is 6.25. The summed E-state index contributed by atoms with van der Waals surface area (Å²) < 4.78 is 8.35. The summed E-state index contributed by atoms with van der Waals surface area (Å²) in [5, 5.41) is 7.00. The van der Waals surface area contributed by atoms with Crippen LogP contribution >= 0.6 is 0 Å². The second-order valence-corrected chi connectivity index (χ2v) is 11.7. The van der Waals surface area contributed by atoms with E-state index < -0.39 is 0 Å². The zero-order chi connectivity index (χ0) is 30.2. The lowest BCUT2D eigenvalue weighted by Crippen LogP contribution is -2.06. The van der Waals surface area contributed by atoms with Crippen LogP contribution in [0.15, 0.2) is 150 Å². The molecule has 0 spiro atoms. The molecule has 46 heavy (non-hydrogen) atoms. The average Bonchev–Trinajstić information content (AvgIpc) is 3.67. The van der Waals surface area contributed by atoms with Crippen LogP contribution in [0.3, 0.4) is 0 Å². The molecular weight excluding hydrogens is 564 g/mol. The van der Waals surface area contributed by atoms with Gasteiger partial charge in [0.1, 0.15) is 11.2 Å². The lowest BCUT2D eigenvalue weighted by molar-refractivity contribution is 0.669. The molecule has 0 saturated heterocycles. The Balaban J connectivity index is 1.28. The number of fused-ring (bicyclic) bond motifs is 3. The van der Waals surface area contributed by atoms with E-state index in [2.05, 4.69) is 77.4 Å². The highest BCUT2D eigenvalue weighted by Crippen LogP contribution is 2.42. The molecule has 0 radical (unpaired) electrons. The molecule has 214 valence electrons. The molecule has 0 N–H and O–H groups in total. The van der Waals surface area contributed by atoms with Crippen LogP contribution in [0.25, 0.3) is 94.4 Å². The lowest BCUT2D eigenvalue weighted by atomic mass is 9.96. The number of hydrogen-bond donors (Lipinski definition) is 0. The number of furan rings is 1. The van der Waals surface area contributed by atoms with Gasteiger partial charge in [-0.3, -0.25) is 4.57 Å². The molecule has 0 atom stereocenters. The first kappa shape index (κ1) is 25.0. The smallest absolute Gasteiger partial charge is 0.238 e. The third-order valence-electron chi connectivity index (χ3n) is 8.99. The zero-order valence-electron chi connectivity index (χ0n) is 24.6. The van der Waals surface area contributed by atoms with Crippen molar-refractivity contribution in [2.45, 2.75) is 0 Å². The predicted octanol–water partition coefficient (Wildman–Crippen LogP) is 10.5. The summed E-state index contributed by atoms with van der Waals surface area (Å²) in [7, 11) is 0. The molecule has 0 fully saturated rings. The Kier molecular flexibility index (Phi) is 5.22. The van der Waals surface area contributed by atoms with Gasteiger partial charge in [0.2, 0.25) is 5.95 Å². The summed E-state index contributed by atoms with van der Waals surface area (Å²) >= 11 is 0. The Morgan fingerprint density at radius 1 is 0.413 bits per heavy atom. The van der Waals surface area contributed by atoms with Crippen molar-refractivity contribution < 1.29 is 4.42 Å². The fourth-order valence-electron chi connectivity index (χ4n) is 6.88. The molecule has 0 saturated carbocycles. The zero-order valence-corrected chi connectivity index (χ0v) is 24.6. The Bertz CT molecular complexity index is 2690. The largest absolute Gasteiger partial charge is 0.456 e. The number of aromatic nitrogens is 4. The molecule has 5 nitrogen and oxygen atoms in total. The fourth-order valence-corrected chi connectivity index (χ4v) is 6.88. The minimum atomic E-state index is 0.589. The molecule has 0 unspecified atom stereocenters. The van der Waals surface area contributed by atoms with E-state index in [9.17, 15) is 0 Å². The van der Waals surface area contributed by atoms with E-state index in [1.165, 1.54) is 21.5 Å². The van der Waals surface area contributed by atoms with Gasteiger partial charge in [-0.15, -0.1) is 0 Å². The molecule has 0 aliphatic carbocycles. The number of benzene rings is 7. The Hall–Kier alpha value is -6.33. The van der Waals surface area contributed by atoms with Crippen LogP contribution in [0.1, 0.15) is 0 Å². The van der Waals surface area contributed by atoms with Gasteiger partial charge >= 0.3 is 0 Å². The first-order chi connectivity index (χ1) is 22.8. The maximum Gasteiger partial charge on any atom is 0.238 e. The Labute approximate surface area is 263 Å². The van der Waals surface area contributed by atoms with Gasteiger partial charge in [-0.05, 0) is 58.3 Å². The van der Waals surface area contributed by atoms with E-state index in [1.54, 1.807) is 0 Å². The van der Waals surface area contributed by atoms with Gasteiger partial charge in [0.05, 0.1) is 11.0 Å². The second-order valence-electron chi connectivity index (χ2n) is 11.7. The quantitative estimate of drug-likeness (QED) is 0.192. The Morgan fingerprint density at radius 2 is 1.09 bits per heavy atom. The maximum absolute atomic E-state index is 6.14. The highest BCUT2D eigenvalue weighted by atomic mass is 16.3. The number of rotatable bonds is 4. The van der Waals surface area contributed by atoms with Crippen LogP contribution in [0.4, 0.5) is 0 Å². The molecule has 3 heterocycles. The third kappa shape index (κ3) is 3.72. The standard InChI is InChI=1S/C41H24N4O/c1-3-10-26(11-4-1)39-42-40(27-12-5-2-6-13-27)44-41(43-39)45-33-16-9-14-25-18-19-29-22-30(24-34(45)38(29)37(25)33)28-20-21-36-32(23-28)31-15-7-8-17-35(31)46-36/h1-24H. The summed E-state index contributed by atoms with van der Waals surface area (Å²) in [5.41, 5.74) is 8.03. The van der Waals surface area contributed by atoms with Gasteiger partial charge in [0, 0.05) is 32.7 Å². The van der Waals surface area contributed by atoms with E-state index >= 15 is 0 Å². The minimum Gasteiger partial charge on any atom is -0.456 e. The van der Waals surface area contributed by atoms with E-state index in [0.29, 0.717) is 17.6 Å². The van der Waals surface area contributed by atoms with Crippen molar-refractivity contribution in [2.24, 2.45) is 0 Å². The first-order valence-electron chi connectivity index (χ1n) is 15.4. The van der Waals surface area contributed by atoms with Crippen LogP contribution in [0.2, 0.25) is 0 Å². The SMILES string of the molecule is c1ccc(-c2nc(-c3ccccc3)nc(-n3c4cccc5ccc6cc(-c7ccc8oc9ccccc9c8c7)cc3c6c54)n2)cc1.